The van der Waals surface area contributed by atoms with Crippen molar-refractivity contribution in [2.75, 3.05) is 5.32 Å². The number of H-pyrrole nitrogens is 1. The molecule has 3 heterocycles. The molecule has 2 saturated carbocycles. The fraction of sp³-hybridized carbons (Fsp3) is 0.409. The summed E-state index contributed by atoms with van der Waals surface area (Å²) in [7, 11) is 0. The highest BCUT2D eigenvalue weighted by Gasteiger charge is 2.51. The molecular formula is C22H21F2N7O. The first-order valence-corrected chi connectivity index (χ1v) is 10.6. The Labute approximate surface area is 182 Å². The summed E-state index contributed by atoms with van der Waals surface area (Å²) < 4.78 is 28.1. The number of anilines is 1. The van der Waals surface area contributed by atoms with Gasteiger partial charge in [-0.3, -0.25) is 4.79 Å². The van der Waals surface area contributed by atoms with Crippen molar-refractivity contribution in [3.63, 3.8) is 0 Å². The Balaban J connectivity index is 1.32. The third-order valence-corrected chi connectivity index (χ3v) is 6.23. The van der Waals surface area contributed by atoms with Gasteiger partial charge in [-0.15, -0.1) is 0 Å². The van der Waals surface area contributed by atoms with Gasteiger partial charge in [0.15, 0.2) is 17.5 Å². The van der Waals surface area contributed by atoms with E-state index in [0.29, 0.717) is 35.9 Å². The van der Waals surface area contributed by atoms with Crippen molar-refractivity contribution in [1.82, 2.24) is 25.3 Å². The molecule has 1 amide bonds. The SMILES string of the molecule is N#CC1(C(=O)NC2CCCC(Nc3nc(-c4c[nH]c5ncc(F)cc45)ncc3F)C2)CC1. The number of fused-ring (bicyclic) bond motifs is 1. The molecule has 0 bridgehead atoms. The van der Waals surface area contributed by atoms with E-state index < -0.39 is 17.0 Å². The maximum Gasteiger partial charge on any atom is 0.240 e. The van der Waals surface area contributed by atoms with Crippen LogP contribution in [0.15, 0.2) is 24.7 Å². The Kier molecular flexibility index (Phi) is 4.96. The Morgan fingerprint density at radius 3 is 2.81 bits per heavy atom. The topological polar surface area (TPSA) is 119 Å². The van der Waals surface area contributed by atoms with Gasteiger partial charge in [0.2, 0.25) is 5.91 Å². The number of carbonyl (C=O) groups excluding carboxylic acids is 1. The quantitative estimate of drug-likeness (QED) is 0.563. The number of aromatic nitrogens is 4. The van der Waals surface area contributed by atoms with E-state index in [4.69, 9.17) is 0 Å². The highest BCUT2D eigenvalue weighted by molar-refractivity contribution is 5.91. The van der Waals surface area contributed by atoms with Crippen molar-refractivity contribution in [2.45, 2.75) is 50.6 Å². The van der Waals surface area contributed by atoms with E-state index >= 15 is 0 Å². The minimum Gasteiger partial charge on any atom is -0.365 e. The summed E-state index contributed by atoms with van der Waals surface area (Å²) >= 11 is 0. The highest BCUT2D eigenvalue weighted by atomic mass is 19.1. The molecule has 0 spiro atoms. The minimum atomic E-state index is -0.859. The number of rotatable bonds is 5. The molecule has 164 valence electrons. The summed E-state index contributed by atoms with van der Waals surface area (Å²) in [6.45, 7) is 0. The van der Waals surface area contributed by atoms with Crippen molar-refractivity contribution in [1.29, 1.82) is 5.26 Å². The van der Waals surface area contributed by atoms with E-state index in [-0.39, 0.29) is 29.6 Å². The number of pyridine rings is 1. The molecule has 3 N–H and O–H groups in total. The lowest BCUT2D eigenvalue weighted by Gasteiger charge is -2.31. The number of nitriles is 1. The lowest BCUT2D eigenvalue weighted by atomic mass is 9.90. The third kappa shape index (κ3) is 3.75. The highest BCUT2D eigenvalue weighted by Crippen LogP contribution is 2.45. The average Bonchev–Trinajstić information content (AvgIpc) is 3.49. The molecule has 10 heteroatoms. The van der Waals surface area contributed by atoms with E-state index in [0.717, 1.165) is 31.7 Å². The molecule has 2 unspecified atom stereocenters. The molecule has 2 fully saturated rings. The van der Waals surface area contributed by atoms with Crippen molar-refractivity contribution < 1.29 is 13.6 Å². The molecule has 0 aliphatic heterocycles. The van der Waals surface area contributed by atoms with Gasteiger partial charge >= 0.3 is 0 Å². The number of halogens is 2. The van der Waals surface area contributed by atoms with Crippen LogP contribution in [0.4, 0.5) is 14.6 Å². The molecule has 0 saturated heterocycles. The summed E-state index contributed by atoms with van der Waals surface area (Å²) in [5.74, 6) is -0.982. The second kappa shape index (κ2) is 7.82. The van der Waals surface area contributed by atoms with Gasteiger partial charge in [0.1, 0.15) is 16.9 Å². The Bertz CT molecular complexity index is 1230. The smallest absolute Gasteiger partial charge is 0.240 e. The van der Waals surface area contributed by atoms with Gasteiger partial charge in [0.25, 0.3) is 0 Å². The molecule has 2 atom stereocenters. The van der Waals surface area contributed by atoms with E-state index in [1.54, 1.807) is 6.20 Å². The van der Waals surface area contributed by atoms with Gasteiger partial charge in [-0.25, -0.2) is 23.7 Å². The van der Waals surface area contributed by atoms with Crippen LogP contribution < -0.4 is 10.6 Å². The summed E-state index contributed by atoms with van der Waals surface area (Å²) in [6.07, 6.45) is 8.10. The van der Waals surface area contributed by atoms with Gasteiger partial charge in [-0.2, -0.15) is 5.26 Å². The monoisotopic (exact) mass is 437 g/mol. The van der Waals surface area contributed by atoms with E-state index in [1.165, 1.54) is 6.07 Å². The predicted molar refractivity (Wildman–Crippen MR) is 112 cm³/mol. The zero-order valence-electron chi connectivity index (χ0n) is 17.2. The van der Waals surface area contributed by atoms with Crippen molar-refractivity contribution in [3.8, 4) is 17.5 Å². The number of nitrogens with zero attached hydrogens (tertiary/aromatic N) is 4. The number of hydrogen-bond donors (Lipinski definition) is 3. The minimum absolute atomic E-state index is 0.0568. The van der Waals surface area contributed by atoms with Crippen LogP contribution in [-0.2, 0) is 4.79 Å². The molecule has 2 aliphatic carbocycles. The van der Waals surface area contributed by atoms with E-state index in [1.807, 2.05) is 0 Å². The number of hydrogen-bond acceptors (Lipinski definition) is 6. The first kappa shape index (κ1) is 20.3. The second-order valence-corrected chi connectivity index (χ2v) is 8.51. The molecule has 32 heavy (non-hydrogen) atoms. The van der Waals surface area contributed by atoms with Crippen LogP contribution in [0.2, 0.25) is 0 Å². The van der Waals surface area contributed by atoms with Gasteiger partial charge < -0.3 is 15.6 Å². The standard InChI is InChI=1S/C22H21F2N7O/c23-12-6-15-16(9-27-18(15)26-8-12)19-28-10-17(24)20(31-19)29-13-2-1-3-14(7-13)30-21(32)22(11-25)4-5-22/h6,8-10,13-14H,1-5,7H2,(H,26,27)(H,30,32)(H,28,29,31). The summed E-state index contributed by atoms with van der Waals surface area (Å²) in [5.41, 5.74) is 0.150. The van der Waals surface area contributed by atoms with E-state index in [9.17, 15) is 18.8 Å². The van der Waals surface area contributed by atoms with Gasteiger partial charge in [-0.1, -0.05) is 0 Å². The summed E-state index contributed by atoms with van der Waals surface area (Å²) in [6, 6.07) is 3.27. The molecule has 3 aromatic rings. The van der Waals surface area contributed by atoms with Crippen LogP contribution in [0.25, 0.3) is 22.4 Å². The first-order valence-electron chi connectivity index (χ1n) is 10.6. The summed E-state index contributed by atoms with van der Waals surface area (Å²) in [5, 5.41) is 15.8. The van der Waals surface area contributed by atoms with Gasteiger partial charge in [0, 0.05) is 29.2 Å². The molecule has 2 aliphatic rings. The maximum absolute atomic E-state index is 14.5. The number of aromatic amines is 1. The summed E-state index contributed by atoms with van der Waals surface area (Å²) in [4.78, 5) is 27.7. The van der Waals surface area contributed by atoms with Crippen LogP contribution in [0.1, 0.15) is 38.5 Å². The van der Waals surface area contributed by atoms with E-state index in [2.05, 4.69) is 36.6 Å². The number of amides is 1. The molecule has 8 nitrogen and oxygen atoms in total. The third-order valence-electron chi connectivity index (χ3n) is 6.23. The van der Waals surface area contributed by atoms with Crippen LogP contribution in [0.3, 0.4) is 0 Å². The fourth-order valence-corrected chi connectivity index (χ4v) is 4.24. The van der Waals surface area contributed by atoms with Crippen molar-refractivity contribution >= 4 is 22.8 Å². The number of carbonyl (C=O) groups is 1. The second-order valence-electron chi connectivity index (χ2n) is 8.51. The molecule has 5 rings (SSSR count). The number of nitrogens with one attached hydrogen (secondary N) is 3. The Morgan fingerprint density at radius 2 is 2.03 bits per heavy atom. The lowest BCUT2D eigenvalue weighted by Crippen LogP contribution is -2.44. The molecule has 0 radical (unpaired) electrons. The fourth-order valence-electron chi connectivity index (χ4n) is 4.24. The van der Waals surface area contributed by atoms with Crippen molar-refractivity contribution in [2.24, 2.45) is 5.41 Å². The maximum atomic E-state index is 14.5. The van der Waals surface area contributed by atoms with Gasteiger partial charge in [-0.05, 0) is 44.6 Å². The lowest BCUT2D eigenvalue weighted by molar-refractivity contribution is -0.125. The Hall–Kier alpha value is -3.61. The van der Waals surface area contributed by atoms with Crippen LogP contribution in [-0.4, -0.2) is 37.9 Å². The normalized spacial score (nSPS) is 21.7. The largest absolute Gasteiger partial charge is 0.365 e. The molecule has 0 aromatic carbocycles. The zero-order chi connectivity index (χ0) is 22.3. The van der Waals surface area contributed by atoms with Crippen molar-refractivity contribution in [3.05, 3.63) is 36.3 Å². The Morgan fingerprint density at radius 1 is 1.22 bits per heavy atom. The molecular weight excluding hydrogens is 416 g/mol. The van der Waals surface area contributed by atoms with Crippen LogP contribution in [0.5, 0.6) is 0 Å². The van der Waals surface area contributed by atoms with Crippen LogP contribution >= 0.6 is 0 Å². The molecule has 3 aromatic heterocycles. The zero-order valence-corrected chi connectivity index (χ0v) is 17.2. The predicted octanol–water partition coefficient (Wildman–Crippen LogP) is 3.44. The van der Waals surface area contributed by atoms with Gasteiger partial charge in [0.05, 0.1) is 18.5 Å². The average molecular weight is 437 g/mol. The van der Waals surface area contributed by atoms with Crippen LogP contribution in [0, 0.1) is 28.4 Å². The first-order chi connectivity index (χ1) is 15.5.